The molecule has 0 spiro atoms. The molecule has 0 N–H and O–H groups in total. The van der Waals surface area contributed by atoms with Crippen LogP contribution in [-0.4, -0.2) is 37.6 Å². The van der Waals surface area contributed by atoms with Crippen LogP contribution in [0.2, 0.25) is 5.02 Å². The molecular formula is C23H19ClN4O7. The van der Waals surface area contributed by atoms with Crippen LogP contribution in [0.5, 0.6) is 0 Å². The number of carbonyl (C=O) groups excluding carboxylic acids is 3. The second-order valence-corrected chi connectivity index (χ2v) is 8.83. The zero-order valence-corrected chi connectivity index (χ0v) is 19.2. The van der Waals surface area contributed by atoms with Gasteiger partial charge in [-0.15, -0.1) is 0 Å². The topological polar surface area (TPSA) is 144 Å². The highest BCUT2D eigenvalue weighted by molar-refractivity contribution is 6.30. The second kappa shape index (κ2) is 9.26. The summed E-state index contributed by atoms with van der Waals surface area (Å²) in [5.74, 6) is -3.40. The summed E-state index contributed by atoms with van der Waals surface area (Å²) in [6.45, 7) is 1.35. The van der Waals surface area contributed by atoms with Crippen molar-refractivity contribution in [1.82, 2.24) is 10.0 Å². The van der Waals surface area contributed by atoms with Crippen molar-refractivity contribution < 1.29 is 24.2 Å². The summed E-state index contributed by atoms with van der Waals surface area (Å²) in [6, 6.07) is 8.65. The number of amides is 3. The molecule has 1 fully saturated rings. The Bertz CT molecular complexity index is 1310. The van der Waals surface area contributed by atoms with Crippen LogP contribution in [0.25, 0.3) is 0 Å². The summed E-state index contributed by atoms with van der Waals surface area (Å²) in [7, 11) is 0. The first-order valence-corrected chi connectivity index (χ1v) is 11.0. The molecule has 2 atom stereocenters. The molecule has 1 aliphatic heterocycles. The number of carbonyl (C=O) groups is 3. The van der Waals surface area contributed by atoms with E-state index in [9.17, 15) is 34.6 Å². The fourth-order valence-corrected chi connectivity index (χ4v) is 4.56. The lowest BCUT2D eigenvalue weighted by Gasteiger charge is -2.30. The molecule has 0 radical (unpaired) electrons. The molecule has 1 aliphatic carbocycles. The van der Waals surface area contributed by atoms with Gasteiger partial charge in [-0.05, 0) is 38.0 Å². The van der Waals surface area contributed by atoms with Gasteiger partial charge < -0.3 is 0 Å². The Hall–Kier alpha value is -4.12. The van der Waals surface area contributed by atoms with Crippen molar-refractivity contribution in [2.45, 2.75) is 26.3 Å². The first kappa shape index (κ1) is 24.0. The van der Waals surface area contributed by atoms with Crippen LogP contribution in [0.1, 0.15) is 35.7 Å². The van der Waals surface area contributed by atoms with E-state index in [0.717, 1.165) is 27.7 Å². The number of benzene rings is 2. The van der Waals surface area contributed by atoms with E-state index < -0.39 is 51.6 Å². The minimum Gasteiger partial charge on any atom is -0.272 e. The molecule has 0 bridgehead atoms. The smallest absolute Gasteiger partial charge is 0.272 e. The third kappa shape index (κ3) is 4.50. The summed E-state index contributed by atoms with van der Waals surface area (Å²) < 4.78 is 0. The fourth-order valence-electron chi connectivity index (χ4n) is 4.39. The first-order chi connectivity index (χ1) is 16.6. The Morgan fingerprint density at radius 1 is 1.09 bits per heavy atom. The van der Waals surface area contributed by atoms with Crippen LogP contribution in [0, 0.1) is 32.1 Å². The summed E-state index contributed by atoms with van der Waals surface area (Å²) in [5, 5.41) is 24.5. The van der Waals surface area contributed by atoms with Gasteiger partial charge in [-0.3, -0.25) is 34.6 Å². The van der Waals surface area contributed by atoms with Crippen LogP contribution in [-0.2, 0) is 16.1 Å². The maximum atomic E-state index is 13.6. The number of hydrazine groups is 1. The van der Waals surface area contributed by atoms with Gasteiger partial charge in [0.05, 0.1) is 33.8 Å². The third-order valence-corrected chi connectivity index (χ3v) is 6.38. The second-order valence-electron chi connectivity index (χ2n) is 8.39. The van der Waals surface area contributed by atoms with E-state index >= 15 is 0 Å². The summed E-state index contributed by atoms with van der Waals surface area (Å²) in [6.07, 6.45) is 2.55. The Balaban J connectivity index is 1.79. The van der Waals surface area contributed by atoms with Crippen LogP contribution in [0.3, 0.4) is 0 Å². The monoisotopic (exact) mass is 498 g/mol. The number of allylic oxidation sites excluding steroid dienone is 2. The highest BCUT2D eigenvalue weighted by atomic mass is 35.5. The lowest BCUT2D eigenvalue weighted by Crippen LogP contribution is -2.49. The fraction of sp³-hybridized carbons (Fsp3) is 0.261. The van der Waals surface area contributed by atoms with E-state index in [1.807, 2.05) is 13.0 Å². The van der Waals surface area contributed by atoms with E-state index in [0.29, 0.717) is 12.8 Å². The zero-order valence-electron chi connectivity index (χ0n) is 18.4. The number of nitrogens with zero attached hydrogens (tertiary/aromatic N) is 4. The molecule has 1 saturated heterocycles. The van der Waals surface area contributed by atoms with Crippen molar-refractivity contribution in [2.75, 3.05) is 0 Å². The minimum atomic E-state index is -0.886. The average molecular weight is 499 g/mol. The number of nitro benzene ring substituents is 2. The standard InChI is InChI=1S/C23H19ClN4O7/c1-13-5-8-18-19(9-13)23(31)26(22(18)30)25(12-15-6-7-16(24)11-20(15)28(34)35)21(29)14-3-2-4-17(10-14)27(32)33/h2-7,10-11,18-19H,8-9,12H2,1H3/t18-,19+/m0/s1. The number of nitro groups is 2. The molecule has 0 saturated carbocycles. The largest absolute Gasteiger partial charge is 0.275 e. The van der Waals surface area contributed by atoms with Crippen LogP contribution in [0.4, 0.5) is 11.4 Å². The predicted molar refractivity (Wildman–Crippen MR) is 123 cm³/mol. The van der Waals surface area contributed by atoms with Gasteiger partial charge >= 0.3 is 0 Å². The zero-order chi connectivity index (χ0) is 25.4. The molecule has 2 aliphatic rings. The molecule has 11 nitrogen and oxygen atoms in total. The number of halogens is 1. The SMILES string of the molecule is CC1=CC[C@@H]2C(=O)N(N(Cc3ccc(Cl)cc3[N+](=O)[O-])C(=O)c3cccc([N+](=O)[O-])c3)C(=O)[C@@H]2C1. The number of hydrogen-bond donors (Lipinski definition) is 0. The lowest BCUT2D eigenvalue weighted by molar-refractivity contribution is -0.385. The summed E-state index contributed by atoms with van der Waals surface area (Å²) in [5.41, 5.74) is 0.0620. The van der Waals surface area contributed by atoms with Gasteiger partial charge in [-0.1, -0.05) is 29.3 Å². The number of fused-ring (bicyclic) bond motifs is 1. The lowest BCUT2D eigenvalue weighted by atomic mass is 9.82. The van der Waals surface area contributed by atoms with Crippen LogP contribution in [0.15, 0.2) is 54.1 Å². The van der Waals surface area contributed by atoms with Gasteiger partial charge in [-0.2, -0.15) is 5.01 Å². The molecule has 180 valence electrons. The molecule has 3 amide bonds. The van der Waals surface area contributed by atoms with E-state index in [1.54, 1.807) is 0 Å². The van der Waals surface area contributed by atoms with E-state index in [4.69, 9.17) is 11.6 Å². The van der Waals surface area contributed by atoms with Crippen molar-refractivity contribution in [2.24, 2.45) is 11.8 Å². The molecule has 0 aromatic heterocycles. The normalized spacial score (nSPS) is 19.3. The first-order valence-electron chi connectivity index (χ1n) is 10.6. The van der Waals surface area contributed by atoms with Gasteiger partial charge in [0.1, 0.15) is 0 Å². The molecule has 35 heavy (non-hydrogen) atoms. The van der Waals surface area contributed by atoms with Gasteiger partial charge in [0.25, 0.3) is 29.1 Å². The Morgan fingerprint density at radius 3 is 2.49 bits per heavy atom. The summed E-state index contributed by atoms with van der Waals surface area (Å²) in [4.78, 5) is 61.7. The van der Waals surface area contributed by atoms with Crippen molar-refractivity contribution in [3.8, 4) is 0 Å². The summed E-state index contributed by atoms with van der Waals surface area (Å²) >= 11 is 5.90. The van der Waals surface area contributed by atoms with Gasteiger partial charge in [0, 0.05) is 28.8 Å². The van der Waals surface area contributed by atoms with E-state index in [-0.39, 0.29) is 21.8 Å². The molecule has 2 aromatic rings. The van der Waals surface area contributed by atoms with Crippen LogP contribution < -0.4 is 0 Å². The molecular weight excluding hydrogens is 480 g/mol. The highest BCUT2D eigenvalue weighted by Gasteiger charge is 2.51. The van der Waals surface area contributed by atoms with Gasteiger partial charge in [0.15, 0.2) is 0 Å². The van der Waals surface area contributed by atoms with Gasteiger partial charge in [-0.25, -0.2) is 5.01 Å². The minimum absolute atomic E-state index is 0.0305. The number of imide groups is 1. The van der Waals surface area contributed by atoms with E-state index in [1.165, 1.54) is 30.3 Å². The Labute approximate surface area is 203 Å². The van der Waals surface area contributed by atoms with E-state index in [2.05, 4.69) is 0 Å². The molecule has 1 heterocycles. The predicted octanol–water partition coefficient (Wildman–Crippen LogP) is 4.06. The quantitative estimate of drug-likeness (QED) is 0.253. The third-order valence-electron chi connectivity index (χ3n) is 6.14. The molecule has 0 unspecified atom stereocenters. The molecule has 12 heteroatoms. The Morgan fingerprint density at radius 2 is 1.80 bits per heavy atom. The van der Waals surface area contributed by atoms with Gasteiger partial charge in [0.2, 0.25) is 0 Å². The van der Waals surface area contributed by atoms with Crippen molar-refractivity contribution in [3.63, 3.8) is 0 Å². The number of rotatable bonds is 6. The average Bonchev–Trinajstić information content (AvgIpc) is 3.07. The van der Waals surface area contributed by atoms with Crippen LogP contribution >= 0.6 is 11.6 Å². The van der Waals surface area contributed by atoms with Crippen molar-refractivity contribution >= 4 is 40.7 Å². The van der Waals surface area contributed by atoms with Crippen molar-refractivity contribution in [1.29, 1.82) is 0 Å². The molecule has 4 rings (SSSR count). The Kier molecular flexibility index (Phi) is 6.35. The molecule has 2 aromatic carbocycles. The number of non-ortho nitro benzene ring substituents is 1. The number of hydrogen-bond acceptors (Lipinski definition) is 7. The van der Waals surface area contributed by atoms with Crippen molar-refractivity contribution in [3.05, 3.63) is 90.5 Å². The maximum absolute atomic E-state index is 13.6. The maximum Gasteiger partial charge on any atom is 0.275 e. The highest BCUT2D eigenvalue weighted by Crippen LogP contribution is 2.39.